The lowest BCUT2D eigenvalue weighted by atomic mass is 10.2. The van der Waals surface area contributed by atoms with Gasteiger partial charge in [-0.25, -0.2) is 4.99 Å². The van der Waals surface area contributed by atoms with E-state index < -0.39 is 0 Å². The summed E-state index contributed by atoms with van der Waals surface area (Å²) in [5.41, 5.74) is 1.61. The SMILES string of the molecule is COc1ccc(N=C2NC(=O)/C(=C/c3ccccc3OC(C)C)S2)cc1. The Morgan fingerprint density at radius 2 is 1.85 bits per heavy atom. The summed E-state index contributed by atoms with van der Waals surface area (Å²) in [6, 6.07) is 15.0. The fraction of sp³-hybridized carbons (Fsp3) is 0.200. The molecule has 1 N–H and O–H groups in total. The quantitative estimate of drug-likeness (QED) is 0.796. The summed E-state index contributed by atoms with van der Waals surface area (Å²) in [5.74, 6) is 1.35. The van der Waals surface area contributed by atoms with Crippen LogP contribution in [0.4, 0.5) is 5.69 Å². The number of para-hydroxylation sites is 1. The molecule has 6 heteroatoms. The molecule has 0 aromatic heterocycles. The highest BCUT2D eigenvalue weighted by molar-refractivity contribution is 8.18. The molecule has 26 heavy (non-hydrogen) atoms. The molecule has 1 heterocycles. The Morgan fingerprint density at radius 3 is 2.54 bits per heavy atom. The lowest BCUT2D eigenvalue weighted by molar-refractivity contribution is -0.115. The Hall–Kier alpha value is -2.73. The molecule has 0 unspecified atom stereocenters. The number of aliphatic imine (C=N–C) groups is 1. The standard InChI is InChI=1S/C20H20N2O3S/c1-13(2)25-17-7-5-4-6-14(17)12-18-19(23)22-20(26-18)21-15-8-10-16(24-3)11-9-15/h4-13H,1-3H3,(H,21,22,23)/b18-12-. The topological polar surface area (TPSA) is 59.9 Å². The van der Waals surface area contributed by atoms with Crippen molar-refractivity contribution < 1.29 is 14.3 Å². The molecule has 0 atom stereocenters. The van der Waals surface area contributed by atoms with Crippen molar-refractivity contribution in [2.75, 3.05) is 7.11 Å². The molecule has 1 fully saturated rings. The van der Waals surface area contributed by atoms with Gasteiger partial charge in [0.1, 0.15) is 11.5 Å². The molecular weight excluding hydrogens is 348 g/mol. The third kappa shape index (κ3) is 4.46. The van der Waals surface area contributed by atoms with Gasteiger partial charge in [-0.05, 0) is 62.0 Å². The van der Waals surface area contributed by atoms with Gasteiger partial charge < -0.3 is 14.8 Å². The molecule has 1 amide bonds. The molecular formula is C20H20N2O3S. The highest BCUT2D eigenvalue weighted by atomic mass is 32.2. The number of ether oxygens (including phenoxy) is 2. The van der Waals surface area contributed by atoms with Crippen molar-refractivity contribution in [2.45, 2.75) is 20.0 Å². The predicted octanol–water partition coefficient (Wildman–Crippen LogP) is 4.37. The zero-order valence-corrected chi connectivity index (χ0v) is 15.7. The van der Waals surface area contributed by atoms with Crippen LogP contribution in [0.1, 0.15) is 19.4 Å². The summed E-state index contributed by atoms with van der Waals surface area (Å²) in [6.45, 7) is 3.95. The normalized spacial score (nSPS) is 17.0. The number of carbonyl (C=O) groups excluding carboxylic acids is 1. The molecule has 1 aliphatic rings. The summed E-state index contributed by atoms with van der Waals surface area (Å²) in [4.78, 5) is 17.3. The predicted molar refractivity (Wildman–Crippen MR) is 106 cm³/mol. The second kappa shape index (κ2) is 8.10. The van der Waals surface area contributed by atoms with E-state index in [0.29, 0.717) is 10.1 Å². The third-order valence-electron chi connectivity index (χ3n) is 3.52. The summed E-state index contributed by atoms with van der Waals surface area (Å²) < 4.78 is 10.9. The van der Waals surface area contributed by atoms with Crippen LogP contribution in [0.2, 0.25) is 0 Å². The number of rotatable bonds is 5. The monoisotopic (exact) mass is 368 g/mol. The second-order valence-corrected chi connectivity index (χ2v) is 6.91. The van der Waals surface area contributed by atoms with Gasteiger partial charge in [0.15, 0.2) is 5.17 Å². The molecule has 0 saturated carbocycles. The van der Waals surface area contributed by atoms with Gasteiger partial charge in [0, 0.05) is 5.56 Å². The van der Waals surface area contributed by atoms with Crippen molar-refractivity contribution in [3.05, 3.63) is 59.0 Å². The summed E-state index contributed by atoms with van der Waals surface area (Å²) in [5, 5.41) is 3.34. The van der Waals surface area contributed by atoms with Crippen LogP contribution in [-0.2, 0) is 4.79 Å². The molecule has 1 saturated heterocycles. The maximum atomic E-state index is 12.3. The smallest absolute Gasteiger partial charge is 0.264 e. The molecule has 134 valence electrons. The first-order valence-electron chi connectivity index (χ1n) is 8.24. The van der Waals surface area contributed by atoms with E-state index >= 15 is 0 Å². The number of methoxy groups -OCH3 is 1. The van der Waals surface area contributed by atoms with Crippen LogP contribution in [0.5, 0.6) is 11.5 Å². The highest BCUT2D eigenvalue weighted by Gasteiger charge is 2.24. The van der Waals surface area contributed by atoms with Gasteiger partial charge in [-0.2, -0.15) is 0 Å². The zero-order chi connectivity index (χ0) is 18.5. The minimum absolute atomic E-state index is 0.0619. The van der Waals surface area contributed by atoms with Crippen LogP contribution in [-0.4, -0.2) is 24.3 Å². The van der Waals surface area contributed by atoms with Gasteiger partial charge in [0.05, 0.1) is 23.8 Å². The Balaban J connectivity index is 1.81. The van der Waals surface area contributed by atoms with Crippen LogP contribution in [0, 0.1) is 0 Å². The second-order valence-electron chi connectivity index (χ2n) is 5.88. The van der Waals surface area contributed by atoms with Gasteiger partial charge in [-0.3, -0.25) is 4.79 Å². The zero-order valence-electron chi connectivity index (χ0n) is 14.9. The fourth-order valence-corrected chi connectivity index (χ4v) is 3.19. The first-order chi connectivity index (χ1) is 12.5. The minimum Gasteiger partial charge on any atom is -0.497 e. The van der Waals surface area contributed by atoms with Crippen molar-refractivity contribution in [2.24, 2.45) is 4.99 Å². The Morgan fingerprint density at radius 1 is 1.12 bits per heavy atom. The van der Waals surface area contributed by atoms with Gasteiger partial charge in [0.2, 0.25) is 0 Å². The average molecular weight is 368 g/mol. The minimum atomic E-state index is -0.165. The van der Waals surface area contributed by atoms with Gasteiger partial charge in [0.25, 0.3) is 5.91 Å². The number of amidine groups is 1. The summed E-state index contributed by atoms with van der Waals surface area (Å²) >= 11 is 1.31. The van der Waals surface area contributed by atoms with Crippen molar-refractivity contribution >= 4 is 34.6 Å². The van der Waals surface area contributed by atoms with E-state index in [-0.39, 0.29) is 12.0 Å². The molecule has 3 rings (SSSR count). The fourth-order valence-electron chi connectivity index (χ4n) is 2.36. The first kappa shape index (κ1) is 18.1. The van der Waals surface area contributed by atoms with Crippen molar-refractivity contribution in [1.82, 2.24) is 5.32 Å². The van der Waals surface area contributed by atoms with Crippen molar-refractivity contribution in [3.8, 4) is 11.5 Å². The molecule has 0 radical (unpaired) electrons. The number of nitrogens with one attached hydrogen (secondary N) is 1. The lowest BCUT2D eigenvalue weighted by Gasteiger charge is -2.12. The van der Waals surface area contributed by atoms with Crippen LogP contribution in [0.25, 0.3) is 6.08 Å². The van der Waals surface area contributed by atoms with Gasteiger partial charge in [-0.15, -0.1) is 0 Å². The maximum Gasteiger partial charge on any atom is 0.264 e. The van der Waals surface area contributed by atoms with Gasteiger partial charge in [-0.1, -0.05) is 18.2 Å². The number of nitrogens with zero attached hydrogens (tertiary/aromatic N) is 1. The van der Waals surface area contributed by atoms with Crippen LogP contribution in [0.15, 0.2) is 58.4 Å². The van der Waals surface area contributed by atoms with E-state index in [2.05, 4.69) is 10.3 Å². The van der Waals surface area contributed by atoms with Crippen molar-refractivity contribution in [1.29, 1.82) is 0 Å². The average Bonchev–Trinajstić information content (AvgIpc) is 2.96. The molecule has 1 aliphatic heterocycles. The Kier molecular flexibility index (Phi) is 5.63. The third-order valence-corrected chi connectivity index (χ3v) is 4.43. The Bertz CT molecular complexity index is 858. The largest absolute Gasteiger partial charge is 0.497 e. The lowest BCUT2D eigenvalue weighted by Crippen LogP contribution is -2.19. The summed E-state index contributed by atoms with van der Waals surface area (Å²) in [6.07, 6.45) is 1.89. The van der Waals surface area contributed by atoms with Crippen LogP contribution < -0.4 is 14.8 Å². The summed E-state index contributed by atoms with van der Waals surface area (Å²) in [7, 11) is 1.62. The number of carbonyl (C=O) groups is 1. The molecule has 5 nitrogen and oxygen atoms in total. The highest BCUT2D eigenvalue weighted by Crippen LogP contribution is 2.31. The number of benzene rings is 2. The number of thioether (sulfide) groups is 1. The van der Waals surface area contributed by atoms with Gasteiger partial charge >= 0.3 is 0 Å². The van der Waals surface area contributed by atoms with Crippen molar-refractivity contribution in [3.63, 3.8) is 0 Å². The van der Waals surface area contributed by atoms with E-state index in [1.165, 1.54) is 11.8 Å². The molecule has 2 aromatic rings. The van der Waals surface area contributed by atoms with Crippen LogP contribution in [0.3, 0.4) is 0 Å². The molecule has 0 bridgehead atoms. The molecule has 0 aliphatic carbocycles. The van der Waals surface area contributed by atoms with E-state index in [0.717, 1.165) is 22.7 Å². The number of amides is 1. The number of hydrogen-bond donors (Lipinski definition) is 1. The molecule has 2 aromatic carbocycles. The van der Waals surface area contributed by atoms with E-state index in [4.69, 9.17) is 9.47 Å². The molecule has 0 spiro atoms. The maximum absolute atomic E-state index is 12.3. The van der Waals surface area contributed by atoms with Crippen LogP contribution >= 0.6 is 11.8 Å². The van der Waals surface area contributed by atoms with E-state index in [9.17, 15) is 4.79 Å². The Labute approximate surface area is 157 Å². The number of hydrogen-bond acceptors (Lipinski definition) is 5. The van der Waals surface area contributed by atoms with E-state index in [1.54, 1.807) is 7.11 Å². The first-order valence-corrected chi connectivity index (χ1v) is 9.06. The van der Waals surface area contributed by atoms with E-state index in [1.807, 2.05) is 68.5 Å².